The van der Waals surface area contributed by atoms with E-state index in [1.807, 2.05) is 36.4 Å². The lowest BCUT2D eigenvalue weighted by Crippen LogP contribution is -2.53. The molecule has 2 unspecified atom stereocenters. The molecule has 2 aromatic carbocycles. The molecule has 3 heteroatoms. The Morgan fingerprint density at radius 1 is 1.05 bits per heavy atom. The lowest BCUT2D eigenvalue weighted by molar-refractivity contribution is -0.0129. The molecule has 0 amide bonds. The average Bonchev–Trinajstić information content (AvgIpc) is 2.49. The van der Waals surface area contributed by atoms with Gasteiger partial charge < -0.3 is 4.74 Å². The van der Waals surface area contributed by atoms with Crippen molar-refractivity contribution in [1.29, 1.82) is 0 Å². The maximum Gasteiger partial charge on any atom is 0.138 e. The van der Waals surface area contributed by atoms with Crippen molar-refractivity contribution in [2.24, 2.45) is 5.41 Å². The van der Waals surface area contributed by atoms with Gasteiger partial charge in [0.25, 0.3) is 0 Å². The molecule has 2 atom stereocenters. The molecule has 1 nitrogen and oxygen atoms in total. The van der Waals surface area contributed by atoms with Crippen LogP contribution in [0.5, 0.6) is 5.75 Å². The molecule has 0 aliphatic heterocycles. The quantitative estimate of drug-likeness (QED) is 0.650. The van der Waals surface area contributed by atoms with Crippen molar-refractivity contribution < 1.29 is 4.74 Å². The van der Waals surface area contributed by atoms with E-state index in [4.69, 9.17) is 27.9 Å². The SMILES string of the molecule is CC1(C)C(Cl)CC1Oc1ccc(-c2ccccc2)cc1Cl. The second-order valence-corrected chi connectivity index (χ2v) is 7.08. The van der Waals surface area contributed by atoms with Crippen LogP contribution in [0, 0.1) is 5.41 Å². The summed E-state index contributed by atoms with van der Waals surface area (Å²) >= 11 is 12.6. The van der Waals surface area contributed by atoms with Crippen molar-refractivity contribution in [1.82, 2.24) is 0 Å². The van der Waals surface area contributed by atoms with Crippen molar-refractivity contribution in [3.63, 3.8) is 0 Å². The third-order valence-corrected chi connectivity index (χ3v) is 5.40. The molecule has 3 rings (SSSR count). The van der Waals surface area contributed by atoms with E-state index in [1.165, 1.54) is 0 Å². The van der Waals surface area contributed by atoms with Gasteiger partial charge >= 0.3 is 0 Å². The average molecular weight is 321 g/mol. The van der Waals surface area contributed by atoms with Crippen LogP contribution in [0.2, 0.25) is 5.02 Å². The van der Waals surface area contributed by atoms with E-state index < -0.39 is 0 Å². The Hall–Kier alpha value is -1.18. The monoisotopic (exact) mass is 320 g/mol. The van der Waals surface area contributed by atoms with E-state index >= 15 is 0 Å². The lowest BCUT2D eigenvalue weighted by atomic mass is 9.68. The van der Waals surface area contributed by atoms with Crippen LogP contribution < -0.4 is 4.74 Å². The molecule has 1 aliphatic carbocycles. The minimum atomic E-state index is -0.0109. The Labute approximate surface area is 135 Å². The predicted octanol–water partition coefficient (Wildman–Crippen LogP) is 5.79. The Kier molecular flexibility index (Phi) is 3.90. The zero-order chi connectivity index (χ0) is 15.0. The number of benzene rings is 2. The van der Waals surface area contributed by atoms with Gasteiger partial charge in [0.05, 0.1) is 5.02 Å². The van der Waals surface area contributed by atoms with Gasteiger partial charge in [-0.2, -0.15) is 0 Å². The first kappa shape index (κ1) is 14.7. The number of alkyl halides is 1. The van der Waals surface area contributed by atoms with Crippen LogP contribution >= 0.6 is 23.2 Å². The summed E-state index contributed by atoms with van der Waals surface area (Å²) in [6.07, 6.45) is 0.991. The summed E-state index contributed by atoms with van der Waals surface area (Å²) in [6, 6.07) is 16.1. The molecule has 0 N–H and O–H groups in total. The van der Waals surface area contributed by atoms with Crippen LogP contribution in [0.15, 0.2) is 48.5 Å². The highest BCUT2D eigenvalue weighted by Gasteiger charge is 2.49. The van der Waals surface area contributed by atoms with Gasteiger partial charge in [-0.25, -0.2) is 0 Å². The molecule has 1 saturated carbocycles. The third-order valence-electron chi connectivity index (χ3n) is 4.37. The Morgan fingerprint density at radius 3 is 2.33 bits per heavy atom. The summed E-state index contributed by atoms with van der Waals surface area (Å²) in [5.74, 6) is 0.734. The summed E-state index contributed by atoms with van der Waals surface area (Å²) in [6.45, 7) is 4.26. The first-order chi connectivity index (χ1) is 9.98. The van der Waals surface area contributed by atoms with Gasteiger partial charge in [0.15, 0.2) is 0 Å². The van der Waals surface area contributed by atoms with Crippen LogP contribution in [0.3, 0.4) is 0 Å². The highest BCUT2D eigenvalue weighted by Crippen LogP contribution is 2.47. The Morgan fingerprint density at radius 2 is 1.76 bits per heavy atom. The fourth-order valence-electron chi connectivity index (χ4n) is 2.60. The minimum absolute atomic E-state index is 0.0109. The molecule has 0 radical (unpaired) electrons. The predicted molar refractivity (Wildman–Crippen MR) is 89.3 cm³/mol. The van der Waals surface area contributed by atoms with Gasteiger partial charge in [-0.3, -0.25) is 0 Å². The van der Waals surface area contributed by atoms with E-state index in [0.29, 0.717) is 5.02 Å². The Balaban J connectivity index is 1.80. The number of hydrogen-bond donors (Lipinski definition) is 0. The maximum atomic E-state index is 6.38. The van der Waals surface area contributed by atoms with Crippen molar-refractivity contribution in [3.05, 3.63) is 53.6 Å². The van der Waals surface area contributed by atoms with Crippen molar-refractivity contribution in [3.8, 4) is 16.9 Å². The number of rotatable bonds is 3. The smallest absolute Gasteiger partial charge is 0.138 e. The van der Waals surface area contributed by atoms with Gasteiger partial charge in [-0.1, -0.05) is 61.8 Å². The molecule has 1 aliphatic rings. The van der Waals surface area contributed by atoms with E-state index in [1.54, 1.807) is 0 Å². The van der Waals surface area contributed by atoms with E-state index in [9.17, 15) is 0 Å². The molecule has 21 heavy (non-hydrogen) atoms. The summed E-state index contributed by atoms with van der Waals surface area (Å²) in [7, 11) is 0. The van der Waals surface area contributed by atoms with Crippen LogP contribution in [0.4, 0.5) is 0 Å². The zero-order valence-corrected chi connectivity index (χ0v) is 13.7. The molecule has 110 valence electrons. The van der Waals surface area contributed by atoms with E-state index in [2.05, 4.69) is 26.0 Å². The molecule has 2 aromatic rings. The minimum Gasteiger partial charge on any atom is -0.488 e. The van der Waals surface area contributed by atoms with Crippen molar-refractivity contribution in [2.45, 2.75) is 31.7 Å². The molecule has 0 aromatic heterocycles. The zero-order valence-electron chi connectivity index (χ0n) is 12.1. The van der Waals surface area contributed by atoms with E-state index in [-0.39, 0.29) is 16.9 Å². The van der Waals surface area contributed by atoms with Gasteiger partial charge in [0.1, 0.15) is 11.9 Å². The largest absolute Gasteiger partial charge is 0.488 e. The molecule has 0 saturated heterocycles. The topological polar surface area (TPSA) is 9.23 Å². The number of ether oxygens (including phenoxy) is 1. The summed E-state index contributed by atoms with van der Waals surface area (Å²) in [4.78, 5) is 0. The maximum absolute atomic E-state index is 6.38. The standard InChI is InChI=1S/C18H18Cl2O/c1-18(2)16(20)11-17(18)21-15-9-8-13(10-14(15)19)12-6-4-3-5-7-12/h3-10,16-17H,11H2,1-2H3. The molecule has 0 bridgehead atoms. The fourth-order valence-corrected chi connectivity index (χ4v) is 3.12. The summed E-state index contributed by atoms with van der Waals surface area (Å²) < 4.78 is 6.04. The third kappa shape index (κ3) is 2.77. The summed E-state index contributed by atoms with van der Waals surface area (Å²) in [5.41, 5.74) is 2.23. The summed E-state index contributed by atoms with van der Waals surface area (Å²) in [5, 5.41) is 0.815. The fraction of sp³-hybridized carbons (Fsp3) is 0.333. The van der Waals surface area contributed by atoms with Crippen LogP contribution in [0.25, 0.3) is 11.1 Å². The molecule has 1 fully saturated rings. The van der Waals surface area contributed by atoms with Crippen molar-refractivity contribution in [2.75, 3.05) is 0 Å². The molecular weight excluding hydrogens is 303 g/mol. The van der Waals surface area contributed by atoms with Gasteiger partial charge in [-0.15, -0.1) is 11.6 Å². The highest BCUT2D eigenvalue weighted by atomic mass is 35.5. The van der Waals surface area contributed by atoms with E-state index in [0.717, 1.165) is 23.3 Å². The van der Waals surface area contributed by atoms with Crippen LogP contribution in [0.1, 0.15) is 20.3 Å². The number of halogens is 2. The van der Waals surface area contributed by atoms with Crippen molar-refractivity contribution >= 4 is 23.2 Å². The second-order valence-electron chi connectivity index (χ2n) is 6.14. The van der Waals surface area contributed by atoms with Crippen LogP contribution in [-0.4, -0.2) is 11.5 Å². The first-order valence-corrected chi connectivity index (χ1v) is 7.95. The normalized spacial score (nSPS) is 23.4. The van der Waals surface area contributed by atoms with Gasteiger partial charge in [-0.05, 0) is 23.3 Å². The van der Waals surface area contributed by atoms with Gasteiger partial charge in [0, 0.05) is 17.2 Å². The highest BCUT2D eigenvalue weighted by molar-refractivity contribution is 6.32. The lowest BCUT2D eigenvalue weighted by Gasteiger charge is -2.48. The molecule has 0 heterocycles. The first-order valence-electron chi connectivity index (χ1n) is 7.14. The van der Waals surface area contributed by atoms with Crippen LogP contribution in [-0.2, 0) is 0 Å². The second kappa shape index (κ2) is 5.55. The number of hydrogen-bond acceptors (Lipinski definition) is 1. The molecule has 0 spiro atoms. The Bertz CT molecular complexity index is 637. The molecular formula is C18H18Cl2O. The van der Waals surface area contributed by atoms with Gasteiger partial charge in [0.2, 0.25) is 0 Å².